The number of carbonyl (C=O) groups is 2. The maximum absolute atomic E-state index is 13.5. The molecule has 2 aliphatic heterocycles. The molecule has 7 heteroatoms. The Labute approximate surface area is 189 Å². The van der Waals surface area contributed by atoms with Crippen LogP contribution in [-0.2, 0) is 30.7 Å². The first-order chi connectivity index (χ1) is 15.4. The van der Waals surface area contributed by atoms with E-state index in [0.29, 0.717) is 0 Å². The van der Waals surface area contributed by atoms with Gasteiger partial charge in [-0.05, 0) is 76.6 Å². The van der Waals surface area contributed by atoms with Crippen molar-refractivity contribution < 1.29 is 9.59 Å². The second-order valence-corrected chi connectivity index (χ2v) is 9.78. The van der Waals surface area contributed by atoms with Crippen molar-refractivity contribution in [1.29, 1.82) is 0 Å². The lowest BCUT2D eigenvalue weighted by molar-refractivity contribution is -0.134. The van der Waals surface area contributed by atoms with Gasteiger partial charge in [0.2, 0.25) is 0 Å². The number of benzene rings is 1. The van der Waals surface area contributed by atoms with Gasteiger partial charge in [0.05, 0.1) is 5.69 Å². The summed E-state index contributed by atoms with van der Waals surface area (Å²) in [6.07, 6.45) is 5.47. The molecule has 0 spiro atoms. The number of carbonyl (C=O) groups excluding carboxylic acids is 2. The highest BCUT2D eigenvalue weighted by Gasteiger charge is 2.55. The molecule has 2 fully saturated rings. The number of hydrogen-bond donors (Lipinski definition) is 1. The Morgan fingerprint density at radius 2 is 1.78 bits per heavy atom. The van der Waals surface area contributed by atoms with Crippen molar-refractivity contribution >= 4 is 11.9 Å². The fourth-order valence-electron chi connectivity index (χ4n) is 5.79. The van der Waals surface area contributed by atoms with Gasteiger partial charge in [-0.2, -0.15) is 5.10 Å². The fraction of sp³-hybridized carbons (Fsp3) is 0.560. The molecule has 1 aromatic carbocycles. The van der Waals surface area contributed by atoms with Gasteiger partial charge < -0.3 is 5.32 Å². The van der Waals surface area contributed by atoms with E-state index in [-0.39, 0.29) is 23.9 Å². The number of fused-ring (bicyclic) bond motifs is 1. The average Bonchev–Trinajstić information content (AvgIpc) is 3.43. The molecule has 1 unspecified atom stereocenters. The summed E-state index contributed by atoms with van der Waals surface area (Å²) in [5.74, 6) is 0.113. The molecule has 1 N–H and O–H groups in total. The highest BCUT2D eigenvalue weighted by atomic mass is 16.2. The Bertz CT molecular complexity index is 1010. The number of rotatable bonds is 5. The lowest BCUT2D eigenvalue weighted by Gasteiger charge is -2.39. The van der Waals surface area contributed by atoms with Crippen molar-refractivity contribution in [3.05, 3.63) is 52.8 Å². The number of nitrogens with zero attached hydrogens (tertiary/aromatic N) is 4. The van der Waals surface area contributed by atoms with E-state index in [1.807, 2.05) is 23.7 Å². The number of aryl methyl sites for hydroxylation is 2. The van der Waals surface area contributed by atoms with Gasteiger partial charge >= 0.3 is 6.03 Å². The minimum atomic E-state index is -0.805. The Kier molecular flexibility index (Phi) is 5.32. The maximum atomic E-state index is 13.5. The van der Waals surface area contributed by atoms with Crippen molar-refractivity contribution in [3.63, 3.8) is 0 Å². The topological polar surface area (TPSA) is 70.5 Å². The Balaban J connectivity index is 1.23. The van der Waals surface area contributed by atoms with Crippen LogP contribution in [0.1, 0.15) is 49.1 Å². The number of piperidine rings is 1. The molecular formula is C25H33N5O2. The zero-order valence-electron chi connectivity index (χ0n) is 19.3. The van der Waals surface area contributed by atoms with E-state index in [1.165, 1.54) is 21.6 Å². The summed E-state index contributed by atoms with van der Waals surface area (Å²) in [5, 5.41) is 7.65. The summed E-state index contributed by atoms with van der Waals surface area (Å²) in [7, 11) is 0. The van der Waals surface area contributed by atoms with E-state index < -0.39 is 5.54 Å². The predicted octanol–water partition coefficient (Wildman–Crippen LogP) is 2.90. The number of likely N-dealkylation sites (tertiary alicyclic amines) is 1. The molecular weight excluding hydrogens is 402 g/mol. The zero-order chi connectivity index (χ0) is 22.5. The van der Waals surface area contributed by atoms with Crippen LogP contribution in [-0.4, -0.2) is 56.2 Å². The van der Waals surface area contributed by atoms with Crippen LogP contribution in [0.5, 0.6) is 0 Å². The van der Waals surface area contributed by atoms with Gasteiger partial charge in [0.15, 0.2) is 0 Å². The van der Waals surface area contributed by atoms with Gasteiger partial charge in [-0.1, -0.05) is 24.3 Å². The molecule has 2 aromatic rings. The van der Waals surface area contributed by atoms with Crippen molar-refractivity contribution in [2.75, 3.05) is 13.1 Å². The Morgan fingerprint density at radius 3 is 2.38 bits per heavy atom. The highest BCUT2D eigenvalue weighted by Crippen LogP contribution is 2.37. The minimum absolute atomic E-state index is 0.0428. The van der Waals surface area contributed by atoms with Crippen LogP contribution >= 0.6 is 0 Å². The smallest absolute Gasteiger partial charge is 0.323 e. The van der Waals surface area contributed by atoms with Crippen molar-refractivity contribution in [2.45, 2.75) is 71.1 Å². The van der Waals surface area contributed by atoms with E-state index in [0.717, 1.165) is 57.6 Å². The zero-order valence-corrected chi connectivity index (χ0v) is 19.3. The van der Waals surface area contributed by atoms with E-state index in [4.69, 9.17) is 0 Å². The standard InChI is InChI=1S/C25H33N5O2/c1-4-29-16-20(17(2)27-29)15-28-11-9-21(10-12-28)25(3)23(31)30(24(32)26-25)22-13-18-7-5-6-8-19(18)14-22/h5-8,16,21-22H,4,9-15H2,1-3H3,(H,26,32). The molecule has 1 atom stereocenters. The van der Waals surface area contributed by atoms with E-state index >= 15 is 0 Å². The molecule has 0 radical (unpaired) electrons. The Hall–Kier alpha value is -2.67. The molecule has 5 rings (SSSR count). The van der Waals surface area contributed by atoms with Crippen molar-refractivity contribution in [1.82, 2.24) is 24.9 Å². The molecule has 3 aliphatic rings. The second-order valence-electron chi connectivity index (χ2n) is 9.78. The van der Waals surface area contributed by atoms with Gasteiger partial charge in [-0.3, -0.25) is 19.3 Å². The van der Waals surface area contributed by atoms with Gasteiger partial charge in [0.1, 0.15) is 5.54 Å². The van der Waals surface area contributed by atoms with Crippen LogP contribution < -0.4 is 5.32 Å². The molecule has 3 amide bonds. The second kappa shape index (κ2) is 8.03. The van der Waals surface area contributed by atoms with Crippen LogP contribution in [0.15, 0.2) is 30.5 Å². The average molecular weight is 436 g/mol. The fourth-order valence-corrected chi connectivity index (χ4v) is 5.79. The van der Waals surface area contributed by atoms with Crippen molar-refractivity contribution in [3.8, 4) is 0 Å². The molecule has 3 heterocycles. The number of aromatic nitrogens is 2. The predicted molar refractivity (Wildman–Crippen MR) is 122 cm³/mol. The summed E-state index contributed by atoms with van der Waals surface area (Å²) in [4.78, 5) is 30.4. The molecule has 1 aliphatic carbocycles. The lowest BCUT2D eigenvalue weighted by Crippen LogP contribution is -2.54. The van der Waals surface area contributed by atoms with Gasteiger partial charge in [0, 0.05) is 30.9 Å². The maximum Gasteiger partial charge on any atom is 0.325 e. The molecule has 0 bridgehead atoms. The first-order valence-electron chi connectivity index (χ1n) is 11.9. The van der Waals surface area contributed by atoms with Gasteiger partial charge in [-0.15, -0.1) is 0 Å². The quantitative estimate of drug-likeness (QED) is 0.733. The summed E-state index contributed by atoms with van der Waals surface area (Å²) in [6, 6.07) is 7.98. The minimum Gasteiger partial charge on any atom is -0.323 e. The molecule has 1 aromatic heterocycles. The summed E-state index contributed by atoms with van der Waals surface area (Å²) in [6.45, 7) is 9.73. The third-order valence-corrected chi connectivity index (χ3v) is 7.81. The number of amides is 3. The first-order valence-corrected chi connectivity index (χ1v) is 11.9. The van der Waals surface area contributed by atoms with Crippen LogP contribution in [0.4, 0.5) is 4.79 Å². The largest absolute Gasteiger partial charge is 0.325 e. The van der Waals surface area contributed by atoms with E-state index in [1.54, 1.807) is 0 Å². The first kappa shape index (κ1) is 21.2. The number of hydrogen-bond acceptors (Lipinski definition) is 4. The van der Waals surface area contributed by atoms with Gasteiger partial charge in [0.25, 0.3) is 5.91 Å². The van der Waals surface area contributed by atoms with E-state index in [2.05, 4.69) is 47.5 Å². The van der Waals surface area contributed by atoms with Gasteiger partial charge in [-0.25, -0.2) is 4.79 Å². The van der Waals surface area contributed by atoms with Crippen LogP contribution in [0.3, 0.4) is 0 Å². The molecule has 32 heavy (non-hydrogen) atoms. The molecule has 0 saturated carbocycles. The van der Waals surface area contributed by atoms with Crippen LogP contribution in [0.2, 0.25) is 0 Å². The van der Waals surface area contributed by atoms with Crippen LogP contribution in [0.25, 0.3) is 0 Å². The van der Waals surface area contributed by atoms with Crippen LogP contribution in [0, 0.1) is 12.8 Å². The highest BCUT2D eigenvalue weighted by molar-refractivity contribution is 6.07. The lowest BCUT2D eigenvalue weighted by atomic mass is 9.78. The Morgan fingerprint density at radius 1 is 1.12 bits per heavy atom. The number of imide groups is 1. The molecule has 2 saturated heterocycles. The number of urea groups is 1. The normalized spacial score (nSPS) is 24.9. The summed E-state index contributed by atoms with van der Waals surface area (Å²) in [5.41, 5.74) is 4.06. The SMILES string of the molecule is CCn1cc(CN2CCC(C3(C)NC(=O)N(C4Cc5ccccc5C4)C3=O)CC2)c(C)n1. The van der Waals surface area contributed by atoms with Crippen molar-refractivity contribution in [2.24, 2.45) is 5.92 Å². The molecule has 170 valence electrons. The monoisotopic (exact) mass is 435 g/mol. The summed E-state index contributed by atoms with van der Waals surface area (Å²) >= 11 is 0. The third-order valence-electron chi connectivity index (χ3n) is 7.81. The summed E-state index contributed by atoms with van der Waals surface area (Å²) < 4.78 is 1.99. The number of nitrogens with one attached hydrogen (secondary N) is 1. The van der Waals surface area contributed by atoms with E-state index in [9.17, 15) is 9.59 Å². The third kappa shape index (κ3) is 3.52. The molecule has 7 nitrogen and oxygen atoms in total.